The molecule has 0 radical (unpaired) electrons. The summed E-state index contributed by atoms with van der Waals surface area (Å²) in [7, 11) is 4.69. The molecule has 2 fully saturated rings. The number of nitrogens with zero attached hydrogens (tertiary/aromatic N) is 4. The Balaban J connectivity index is 1.02. The number of carbonyl (C=O) groups excluding carboxylic acids is 16. The van der Waals surface area contributed by atoms with E-state index < -0.39 is 218 Å². The molecular weight excluding hydrogens is 1750 g/mol. The second kappa shape index (κ2) is 52.8. The van der Waals surface area contributed by atoms with Crippen LogP contribution in [-0.2, 0) is 99.1 Å². The van der Waals surface area contributed by atoms with Gasteiger partial charge in [-0.3, -0.25) is 97.1 Å². The van der Waals surface area contributed by atoms with Crippen LogP contribution in [-0.4, -0.2) is 330 Å². The lowest BCUT2D eigenvalue weighted by atomic mass is 10.0. The van der Waals surface area contributed by atoms with E-state index in [9.17, 15) is 107 Å². The van der Waals surface area contributed by atoms with Crippen molar-refractivity contribution >= 4 is 187 Å². The number of aliphatic carboxylic acids is 2. The molecule has 4 heterocycles. The van der Waals surface area contributed by atoms with Crippen molar-refractivity contribution in [3.05, 3.63) is 72.1 Å². The molecule has 50 heteroatoms. The summed E-state index contributed by atoms with van der Waals surface area (Å²) in [4.78, 5) is 254. The first kappa shape index (κ1) is 105. The molecule has 702 valence electrons. The molecule has 2 aromatic heterocycles. The van der Waals surface area contributed by atoms with E-state index in [0.717, 1.165) is 31.4 Å². The van der Waals surface area contributed by atoms with Gasteiger partial charge in [0, 0.05) is 123 Å². The van der Waals surface area contributed by atoms with Gasteiger partial charge in [-0.1, -0.05) is 58.0 Å². The van der Waals surface area contributed by atoms with E-state index in [2.05, 4.69) is 99.0 Å². The molecule has 2 aliphatic rings. The van der Waals surface area contributed by atoms with Gasteiger partial charge in [-0.2, -0.15) is 25.3 Å². The zero-order chi connectivity index (χ0) is 94.4. The molecule has 128 heavy (non-hydrogen) atoms. The van der Waals surface area contributed by atoms with E-state index in [-0.39, 0.29) is 138 Å². The van der Waals surface area contributed by atoms with Crippen LogP contribution in [0.4, 0.5) is 0 Å². The van der Waals surface area contributed by atoms with Crippen molar-refractivity contribution in [2.75, 3.05) is 89.6 Å². The monoisotopic (exact) mass is 1870 g/mol. The summed E-state index contributed by atoms with van der Waals surface area (Å²) in [6, 6.07) is -3.39. The third-order valence-electron chi connectivity index (χ3n) is 21.0. The highest BCUT2D eigenvalue weighted by molar-refractivity contribution is 8.76. The van der Waals surface area contributed by atoms with Crippen molar-refractivity contribution in [3.8, 4) is 0 Å². The first-order valence-electron chi connectivity index (χ1n) is 41.0. The number of carboxylic acid groups (broad SMARTS) is 2. The first-order chi connectivity index (χ1) is 60.9. The Bertz CT molecular complexity index is 4360. The van der Waals surface area contributed by atoms with Gasteiger partial charge in [0.05, 0.1) is 39.1 Å². The lowest BCUT2D eigenvalue weighted by Crippen LogP contribution is -2.59. The lowest BCUT2D eigenvalue weighted by Gasteiger charge is -2.30. The Kier molecular flexibility index (Phi) is 43.2. The molecule has 0 bridgehead atoms. The number of H-pyrrole nitrogens is 2. The zero-order valence-corrected chi connectivity index (χ0v) is 73.9. The highest BCUT2D eigenvalue weighted by Gasteiger charge is 2.43. The number of likely N-dealkylation sites (tertiary alicyclic amines) is 2. The summed E-state index contributed by atoms with van der Waals surface area (Å²) in [6.07, 6.45) is 1.95. The summed E-state index contributed by atoms with van der Waals surface area (Å²) in [5, 5.41) is 86.8. The lowest BCUT2D eigenvalue weighted by molar-refractivity contribution is -0.143. The van der Waals surface area contributed by atoms with Crippen LogP contribution in [0.2, 0.25) is 0 Å². The van der Waals surface area contributed by atoms with Crippen molar-refractivity contribution in [1.29, 1.82) is 10.8 Å². The van der Waals surface area contributed by atoms with Crippen LogP contribution < -0.4 is 86.7 Å². The fraction of sp³-hybridized carbons (Fsp3) is 0.538. The van der Waals surface area contributed by atoms with Crippen LogP contribution in [0.25, 0.3) is 21.8 Å². The topological polar surface area (TPSA) is 729 Å². The fourth-order valence-corrected chi connectivity index (χ4v) is 16.6. The van der Waals surface area contributed by atoms with Crippen LogP contribution in [0.3, 0.4) is 0 Å². The Morgan fingerprint density at radius 1 is 0.477 bits per heavy atom. The summed E-state index contributed by atoms with van der Waals surface area (Å²) >= 11 is 8.16. The minimum Gasteiger partial charge on any atom is -0.481 e. The van der Waals surface area contributed by atoms with Crippen molar-refractivity contribution in [2.24, 2.45) is 22.9 Å². The molecule has 46 nitrogen and oxygen atoms in total. The van der Waals surface area contributed by atoms with Crippen LogP contribution in [0.5, 0.6) is 0 Å². The van der Waals surface area contributed by atoms with Crippen molar-refractivity contribution in [3.63, 3.8) is 0 Å². The van der Waals surface area contributed by atoms with Crippen LogP contribution in [0, 0.1) is 10.8 Å². The number of unbranched alkanes of at least 4 members (excludes halogenated alkanes) is 2. The number of likely N-dealkylation sites (N-methyl/N-ethyl adjacent to an activating group) is 2. The highest BCUT2D eigenvalue weighted by atomic mass is 33.1. The van der Waals surface area contributed by atoms with Crippen molar-refractivity contribution in [2.45, 2.75) is 175 Å². The SMILES string of the molecule is CN(C(=O)CCSSCCC(=O)N(C)[C@@H](CO)C(=O)N[C@@H](CCCCNC(=N)N)C(=O)NCC(=O)N[C@@H](CC(=O)O)C(=O)N[C@@H](Cc1c[nH]c2ccccc12)C(=O)N1CCC[C@H]1C(=O)N[C@@H](CS)C(N)=O)[C@@H](CO)C(=O)N[C@@H](CCCCNC(=N)N)C(=O)NCC(=O)N[C@@H](CC(=O)O)C(=O)N[C@@H](Cc1c[nH]c2ccccc12)C(=O)N1CCC[C@H]1C(=O)N[C@@H](CS)C(N)=O. The minimum absolute atomic E-state index is 0.0455. The van der Waals surface area contributed by atoms with Gasteiger partial charge in [0.2, 0.25) is 94.5 Å². The number of carbonyl (C=O) groups is 18. The highest BCUT2D eigenvalue weighted by Crippen LogP contribution is 2.28. The zero-order valence-electron chi connectivity index (χ0n) is 70.4. The summed E-state index contributed by atoms with van der Waals surface area (Å²) in [5.41, 5.74) is 24.1. The molecule has 28 N–H and O–H groups in total. The number of hydrogen-bond acceptors (Lipinski definition) is 26. The number of carboxylic acids is 2. The van der Waals surface area contributed by atoms with E-state index in [1.807, 2.05) is 0 Å². The summed E-state index contributed by atoms with van der Waals surface area (Å²) < 4.78 is 0. The molecule has 2 aliphatic heterocycles. The van der Waals surface area contributed by atoms with Crippen LogP contribution in [0.15, 0.2) is 60.9 Å². The average molecular weight is 1870 g/mol. The molecule has 0 unspecified atom stereocenters. The number of aromatic amines is 2. The molecule has 16 amide bonds. The van der Waals surface area contributed by atoms with E-state index >= 15 is 0 Å². The molecule has 2 aromatic carbocycles. The molecule has 4 aromatic rings. The maximum atomic E-state index is 14.6. The molecule has 0 spiro atoms. The number of nitrogens with one attached hydrogen (secondary N) is 16. The Morgan fingerprint density at radius 2 is 0.836 bits per heavy atom. The standard InChI is InChI=1S/C78H114N24O22S4/c1-99(57(37-103)73(121)93-47(17-7-9-23-85-77(81)82)67(115)89-35-59(105)91-49(31-63(109)110)69(117)95-51(29-41-33-87-45-15-5-3-13-43(41)45)75(123)101-25-11-19-55(101)71(119)97-53(39-125)65(79)113)61(107)21-27-127-128-28-22-62(108)100(2)58(38-104)74(122)94-48(18-8-10-24-86-78(83)84)68(116)90-36-60(106)92-50(32-64(111)112)70(118)96-52(30-42-34-88-46-16-6-4-14-44(42)46)76(124)102-26-12-20-56(102)72(120)98-54(40-126)66(80)114/h3-6,13-16,33-34,47-58,87-88,103-104,125-126H,7-12,17-32,35-40H2,1-2H3,(H2,79,113)(H2,80,114)(H,89,115)(H,90,116)(H,91,105)(H,92,106)(H,93,121)(H,94,122)(H,95,117)(H,96,118)(H,97,119)(H,98,120)(H,109,110)(H,111,112)(H4,81,82,85)(H4,83,84,86)/t47-,48-,49-,50-,51-,52-,53-,54-,55-,56-,57-,58-/m0/s1. The Hall–Kier alpha value is -12.2. The molecule has 6 rings (SSSR count). The third kappa shape index (κ3) is 32.6. The second-order valence-electron chi connectivity index (χ2n) is 30.1. The normalized spacial score (nSPS) is 15.8. The van der Waals surface area contributed by atoms with Gasteiger partial charge >= 0.3 is 11.9 Å². The molecule has 0 saturated carbocycles. The second-order valence-corrected chi connectivity index (χ2v) is 33.6. The smallest absolute Gasteiger partial charge is 0.305 e. The number of thiol groups is 2. The quantitative estimate of drug-likeness (QED) is 0.00642. The number of nitrogens with two attached hydrogens (primary N) is 4. The predicted molar refractivity (Wildman–Crippen MR) is 475 cm³/mol. The van der Waals surface area contributed by atoms with E-state index in [1.54, 1.807) is 60.9 Å². The number of amides is 16. The van der Waals surface area contributed by atoms with E-state index in [4.69, 9.17) is 33.8 Å². The van der Waals surface area contributed by atoms with Gasteiger partial charge in [0.15, 0.2) is 11.9 Å². The fourth-order valence-electron chi connectivity index (χ4n) is 14.1. The molecule has 2 saturated heterocycles. The third-order valence-corrected chi connectivity index (χ3v) is 24.1. The Morgan fingerprint density at radius 3 is 1.17 bits per heavy atom. The van der Waals surface area contributed by atoms with Crippen molar-refractivity contribution < 1.29 is 107 Å². The molecular formula is C78H114N24O22S4. The van der Waals surface area contributed by atoms with E-state index in [1.165, 1.54) is 23.9 Å². The number of aliphatic hydroxyl groups is 2. The van der Waals surface area contributed by atoms with Crippen LogP contribution >= 0.6 is 46.8 Å². The number of fused-ring (bicyclic) bond motifs is 2. The van der Waals surface area contributed by atoms with Crippen LogP contribution in [0.1, 0.15) is 101 Å². The number of primary amides is 2. The number of hydrogen-bond donors (Lipinski definition) is 26. The number of para-hydroxylation sites is 2. The summed E-state index contributed by atoms with van der Waals surface area (Å²) in [6.45, 7) is -3.32. The van der Waals surface area contributed by atoms with Gasteiger partial charge in [-0.05, 0) is 87.5 Å². The number of aromatic nitrogens is 2. The van der Waals surface area contributed by atoms with Gasteiger partial charge < -0.3 is 137 Å². The Labute approximate surface area is 753 Å². The number of guanidine groups is 2. The molecule has 0 aliphatic carbocycles. The van der Waals surface area contributed by atoms with E-state index in [0.29, 0.717) is 45.8 Å². The predicted octanol–water partition coefficient (Wildman–Crippen LogP) is -6.59. The number of benzene rings is 2. The minimum atomic E-state index is -1.88. The largest absolute Gasteiger partial charge is 0.481 e. The average Bonchev–Trinajstić information content (AvgIpc) is 1.63. The van der Waals surface area contributed by atoms with Gasteiger partial charge in [0.1, 0.15) is 72.5 Å². The van der Waals surface area contributed by atoms with Gasteiger partial charge in [0.25, 0.3) is 0 Å². The summed E-state index contributed by atoms with van der Waals surface area (Å²) in [5.74, 6) is -18.5. The maximum absolute atomic E-state index is 14.6. The van der Waals surface area contributed by atoms with Gasteiger partial charge in [-0.25, -0.2) is 0 Å². The van der Waals surface area contributed by atoms with Gasteiger partial charge in [-0.15, -0.1) is 0 Å². The number of rotatable bonds is 55. The number of aliphatic hydroxyl groups excluding tert-OH is 2. The first-order valence-corrected chi connectivity index (χ1v) is 44.7. The molecule has 12 atom stereocenters. The van der Waals surface area contributed by atoms with Crippen molar-refractivity contribution in [1.82, 2.24) is 93.4 Å². The maximum Gasteiger partial charge on any atom is 0.305 e.